The second-order valence-corrected chi connectivity index (χ2v) is 9.24. The van der Waals surface area contributed by atoms with E-state index in [1.807, 2.05) is 19.6 Å². The predicted molar refractivity (Wildman–Crippen MR) is 58.2 cm³/mol. The molecule has 14 heavy (non-hydrogen) atoms. The van der Waals surface area contributed by atoms with Crippen molar-refractivity contribution in [2.45, 2.75) is 30.8 Å². The first kappa shape index (κ1) is 14.2. The zero-order valence-electron chi connectivity index (χ0n) is 8.52. The van der Waals surface area contributed by atoms with E-state index >= 15 is 0 Å². The van der Waals surface area contributed by atoms with Gasteiger partial charge in [-0.3, -0.25) is 0 Å². The monoisotopic (exact) mass is 288 g/mol. The Balaban J connectivity index is 4.33. The van der Waals surface area contributed by atoms with Crippen molar-refractivity contribution in [1.82, 2.24) is 0 Å². The van der Waals surface area contributed by atoms with Gasteiger partial charge in [-0.15, -0.1) is 6.58 Å². The molecule has 0 aromatic rings. The molecule has 0 aliphatic carbocycles. The van der Waals surface area contributed by atoms with Gasteiger partial charge >= 0.3 is 4.83 Å². The summed E-state index contributed by atoms with van der Waals surface area (Å²) in [5.41, 5.74) is 0. The summed E-state index contributed by atoms with van der Waals surface area (Å²) >= 11 is 2.23. The lowest BCUT2D eigenvalue weighted by Crippen LogP contribution is -2.41. The molecule has 0 fully saturated rings. The van der Waals surface area contributed by atoms with Gasteiger partial charge in [0, 0.05) is 0 Å². The third kappa shape index (κ3) is 6.64. The van der Waals surface area contributed by atoms with Crippen LogP contribution >= 0.6 is 15.9 Å². The Kier molecular flexibility index (Phi) is 5.42. The van der Waals surface area contributed by atoms with E-state index in [1.165, 1.54) is 6.08 Å². The second kappa shape index (κ2) is 5.34. The maximum absolute atomic E-state index is 12.9. The molecule has 0 aromatic heterocycles. The number of rotatable bonds is 6. The smallest absolute Gasteiger partial charge is 0.350 e. The Morgan fingerprint density at radius 2 is 2.00 bits per heavy atom. The molecular formula is C8H15BrF2O2Si. The Morgan fingerprint density at radius 3 is 2.29 bits per heavy atom. The van der Waals surface area contributed by atoms with Crippen molar-refractivity contribution in [1.29, 1.82) is 0 Å². The van der Waals surface area contributed by atoms with Crippen LogP contribution in [0.1, 0.15) is 0 Å². The van der Waals surface area contributed by atoms with Crippen LogP contribution in [-0.2, 0) is 9.16 Å². The fourth-order valence-corrected chi connectivity index (χ4v) is 1.93. The van der Waals surface area contributed by atoms with Crippen LogP contribution in [0.3, 0.4) is 0 Å². The molecule has 2 nitrogen and oxygen atoms in total. The van der Waals surface area contributed by atoms with E-state index in [0.717, 1.165) is 0 Å². The lowest BCUT2D eigenvalue weighted by Gasteiger charge is -2.28. The molecule has 1 unspecified atom stereocenters. The molecule has 0 aromatic carbocycles. The maximum atomic E-state index is 12.9. The van der Waals surface area contributed by atoms with Crippen molar-refractivity contribution in [2.24, 2.45) is 0 Å². The molecule has 0 saturated carbocycles. The number of hydrogen-bond donors (Lipinski definition) is 0. The summed E-state index contributed by atoms with van der Waals surface area (Å²) in [6, 6.07) is 0. The molecule has 0 rings (SSSR count). The van der Waals surface area contributed by atoms with E-state index < -0.39 is 19.4 Å². The fraction of sp³-hybridized carbons (Fsp3) is 0.750. The topological polar surface area (TPSA) is 18.5 Å². The van der Waals surface area contributed by atoms with Crippen molar-refractivity contribution in [3.8, 4) is 0 Å². The van der Waals surface area contributed by atoms with Crippen molar-refractivity contribution < 1.29 is 17.9 Å². The highest BCUT2D eigenvalue weighted by atomic mass is 79.9. The van der Waals surface area contributed by atoms with Gasteiger partial charge in [0.05, 0.1) is 6.61 Å². The van der Waals surface area contributed by atoms with Gasteiger partial charge in [0.2, 0.25) is 6.29 Å². The van der Waals surface area contributed by atoms with E-state index in [9.17, 15) is 8.78 Å². The van der Waals surface area contributed by atoms with Gasteiger partial charge in [-0.2, -0.15) is 8.78 Å². The third-order valence-electron chi connectivity index (χ3n) is 1.09. The quantitative estimate of drug-likeness (QED) is 0.323. The van der Waals surface area contributed by atoms with Crippen LogP contribution in [0, 0.1) is 0 Å². The van der Waals surface area contributed by atoms with Gasteiger partial charge in [-0.05, 0) is 35.6 Å². The minimum Gasteiger partial charge on any atom is -0.388 e. The van der Waals surface area contributed by atoms with E-state index in [0.29, 0.717) is 0 Å². The van der Waals surface area contributed by atoms with Crippen LogP contribution in [0.15, 0.2) is 12.7 Å². The summed E-state index contributed by atoms with van der Waals surface area (Å²) in [6.07, 6.45) is -0.147. The normalized spacial score (nSPS) is 15.3. The van der Waals surface area contributed by atoms with Crippen LogP contribution in [0.5, 0.6) is 0 Å². The molecule has 1 atom stereocenters. The molecule has 0 saturated heterocycles. The summed E-state index contributed by atoms with van der Waals surface area (Å²) in [6.45, 7) is 8.87. The van der Waals surface area contributed by atoms with Crippen LogP contribution in [0.2, 0.25) is 19.6 Å². The first-order chi connectivity index (χ1) is 6.17. The van der Waals surface area contributed by atoms with Crippen molar-refractivity contribution in [3.63, 3.8) is 0 Å². The standard InChI is InChI=1S/C8H15BrF2O2Si/c1-5-6-12-7(8(9,10)11)13-14(2,3)4/h5,7H,1,6H2,2-4H3. The zero-order valence-corrected chi connectivity index (χ0v) is 11.1. The van der Waals surface area contributed by atoms with Crippen LogP contribution in [0.25, 0.3) is 0 Å². The largest absolute Gasteiger partial charge is 0.388 e. The summed E-state index contributed by atoms with van der Waals surface area (Å²) < 4.78 is 35.8. The van der Waals surface area contributed by atoms with E-state index in [-0.39, 0.29) is 6.61 Å². The molecule has 0 spiro atoms. The Hall–Kier alpha value is 0.217. The van der Waals surface area contributed by atoms with Crippen LogP contribution < -0.4 is 0 Å². The minimum atomic E-state index is -3.17. The van der Waals surface area contributed by atoms with E-state index in [2.05, 4.69) is 22.5 Å². The molecule has 0 bridgehead atoms. The number of hydrogen-bond acceptors (Lipinski definition) is 2. The van der Waals surface area contributed by atoms with Gasteiger partial charge in [0.25, 0.3) is 0 Å². The SMILES string of the molecule is C=CCOC(O[Si](C)(C)C)C(F)(F)Br. The average molecular weight is 289 g/mol. The highest BCUT2D eigenvalue weighted by Crippen LogP contribution is 2.31. The maximum Gasteiger partial charge on any atom is 0.350 e. The first-order valence-electron chi connectivity index (χ1n) is 4.14. The third-order valence-corrected chi connectivity index (χ3v) is 2.39. The molecule has 0 aliphatic rings. The molecular weight excluding hydrogens is 274 g/mol. The molecule has 0 aliphatic heterocycles. The summed E-state index contributed by atoms with van der Waals surface area (Å²) in [4.78, 5) is -3.17. The summed E-state index contributed by atoms with van der Waals surface area (Å²) in [7, 11) is -2.05. The molecule has 0 N–H and O–H groups in total. The van der Waals surface area contributed by atoms with Crippen LogP contribution in [-0.4, -0.2) is 26.0 Å². The van der Waals surface area contributed by atoms with Gasteiger partial charge < -0.3 is 9.16 Å². The van der Waals surface area contributed by atoms with E-state index in [1.54, 1.807) is 0 Å². The highest BCUT2D eigenvalue weighted by molar-refractivity contribution is 9.10. The van der Waals surface area contributed by atoms with Gasteiger partial charge in [-0.1, -0.05) is 6.08 Å². The molecule has 6 heteroatoms. The fourth-order valence-electron chi connectivity index (χ4n) is 0.672. The Morgan fingerprint density at radius 1 is 1.50 bits per heavy atom. The Bertz CT molecular complexity index is 189. The summed E-state index contributed by atoms with van der Waals surface area (Å²) in [5.74, 6) is 0. The number of halogens is 3. The van der Waals surface area contributed by atoms with E-state index in [4.69, 9.17) is 9.16 Å². The highest BCUT2D eigenvalue weighted by Gasteiger charge is 2.41. The summed E-state index contributed by atoms with van der Waals surface area (Å²) in [5, 5.41) is 0. The predicted octanol–water partition coefficient (Wildman–Crippen LogP) is 3.35. The minimum absolute atomic E-state index is 0.0380. The lowest BCUT2D eigenvalue weighted by atomic mass is 10.6. The first-order valence-corrected chi connectivity index (χ1v) is 8.34. The Labute approximate surface area is 92.5 Å². The lowest BCUT2D eigenvalue weighted by molar-refractivity contribution is -0.171. The van der Waals surface area contributed by atoms with Crippen LogP contribution in [0.4, 0.5) is 8.78 Å². The van der Waals surface area contributed by atoms with Gasteiger partial charge in [0.15, 0.2) is 8.32 Å². The zero-order chi connectivity index (χ0) is 11.4. The molecule has 0 amide bonds. The van der Waals surface area contributed by atoms with Crippen molar-refractivity contribution in [2.75, 3.05) is 6.61 Å². The molecule has 0 heterocycles. The second-order valence-electron chi connectivity index (χ2n) is 3.73. The number of ether oxygens (including phenoxy) is 1. The van der Waals surface area contributed by atoms with Crippen molar-refractivity contribution in [3.05, 3.63) is 12.7 Å². The van der Waals surface area contributed by atoms with Crippen molar-refractivity contribution >= 4 is 24.2 Å². The van der Waals surface area contributed by atoms with Gasteiger partial charge in [-0.25, -0.2) is 0 Å². The molecule has 84 valence electrons. The number of alkyl halides is 3. The average Bonchev–Trinajstić information content (AvgIpc) is 1.93. The van der Waals surface area contributed by atoms with Gasteiger partial charge in [0.1, 0.15) is 0 Å². The molecule has 0 radical (unpaired) electrons.